The zero-order valence-corrected chi connectivity index (χ0v) is 15.6. The van der Waals surface area contributed by atoms with E-state index in [0.717, 1.165) is 18.7 Å². The van der Waals surface area contributed by atoms with Crippen molar-refractivity contribution in [2.45, 2.75) is 19.0 Å². The zero-order chi connectivity index (χ0) is 18.2. The Morgan fingerprint density at radius 3 is 2.81 bits per heavy atom. The van der Waals surface area contributed by atoms with Crippen molar-refractivity contribution in [2.75, 3.05) is 6.54 Å². The van der Waals surface area contributed by atoms with Crippen LogP contribution < -0.4 is 5.56 Å². The Balaban J connectivity index is 1.55. The molecular formula is C22H19N3OS. The second kappa shape index (κ2) is 6.76. The SMILES string of the molecule is O=c1cc(CN2CCc3sccc3[C@@H]2c2ccccc2)nc2ccccn12. The van der Waals surface area contributed by atoms with E-state index in [1.807, 2.05) is 29.5 Å². The van der Waals surface area contributed by atoms with Crippen LogP contribution in [-0.2, 0) is 13.0 Å². The standard InChI is InChI=1S/C22H19N3OS/c26-21-14-17(23-20-8-4-5-11-25(20)21)15-24-12-9-19-18(10-13-27-19)22(24)16-6-2-1-3-7-16/h1-8,10-11,13-14,22H,9,12,15H2/t22-/m0/s1. The first-order valence-electron chi connectivity index (χ1n) is 9.12. The van der Waals surface area contributed by atoms with Crippen molar-refractivity contribution >= 4 is 17.0 Å². The number of thiophene rings is 1. The van der Waals surface area contributed by atoms with Crippen LogP contribution in [0.2, 0.25) is 0 Å². The van der Waals surface area contributed by atoms with Crippen molar-refractivity contribution in [3.63, 3.8) is 0 Å². The Labute approximate surface area is 161 Å². The molecule has 1 aliphatic rings. The normalized spacial score (nSPS) is 17.1. The molecule has 0 spiro atoms. The fourth-order valence-electron chi connectivity index (χ4n) is 3.96. The zero-order valence-electron chi connectivity index (χ0n) is 14.8. The van der Waals surface area contributed by atoms with E-state index < -0.39 is 0 Å². The number of fused-ring (bicyclic) bond motifs is 2. The summed E-state index contributed by atoms with van der Waals surface area (Å²) in [5.74, 6) is 0. The second-order valence-electron chi connectivity index (χ2n) is 6.85. The van der Waals surface area contributed by atoms with E-state index in [1.54, 1.807) is 16.7 Å². The molecule has 5 rings (SSSR count). The predicted molar refractivity (Wildman–Crippen MR) is 108 cm³/mol. The molecule has 1 atom stereocenters. The highest BCUT2D eigenvalue weighted by Gasteiger charge is 2.29. The van der Waals surface area contributed by atoms with Gasteiger partial charge in [0.25, 0.3) is 5.56 Å². The molecule has 4 heterocycles. The summed E-state index contributed by atoms with van der Waals surface area (Å²) in [6.45, 7) is 1.62. The lowest BCUT2D eigenvalue weighted by molar-refractivity contribution is 0.204. The van der Waals surface area contributed by atoms with Gasteiger partial charge in [-0.25, -0.2) is 4.98 Å². The van der Waals surface area contributed by atoms with Gasteiger partial charge in [0, 0.05) is 30.2 Å². The first-order valence-corrected chi connectivity index (χ1v) is 10.0. The van der Waals surface area contributed by atoms with E-state index in [-0.39, 0.29) is 11.6 Å². The maximum absolute atomic E-state index is 12.5. The molecule has 0 unspecified atom stereocenters. The Morgan fingerprint density at radius 1 is 1.07 bits per heavy atom. The van der Waals surface area contributed by atoms with Crippen LogP contribution in [0.5, 0.6) is 0 Å². The first kappa shape index (κ1) is 16.4. The quantitative estimate of drug-likeness (QED) is 0.547. The smallest absolute Gasteiger partial charge is 0.258 e. The van der Waals surface area contributed by atoms with Crippen molar-refractivity contribution in [3.05, 3.63) is 104 Å². The van der Waals surface area contributed by atoms with Gasteiger partial charge in [-0.05, 0) is 41.1 Å². The van der Waals surface area contributed by atoms with Crippen molar-refractivity contribution in [3.8, 4) is 0 Å². The van der Waals surface area contributed by atoms with Gasteiger partial charge in [-0.2, -0.15) is 0 Å². The summed E-state index contributed by atoms with van der Waals surface area (Å²) in [7, 11) is 0. The van der Waals surface area contributed by atoms with Crippen LogP contribution in [0.3, 0.4) is 0 Å². The number of pyridine rings is 1. The van der Waals surface area contributed by atoms with Crippen LogP contribution in [-0.4, -0.2) is 20.8 Å². The topological polar surface area (TPSA) is 37.6 Å². The number of rotatable bonds is 3. The van der Waals surface area contributed by atoms with E-state index in [1.165, 1.54) is 16.0 Å². The van der Waals surface area contributed by atoms with Gasteiger partial charge in [0.15, 0.2) is 0 Å². The minimum absolute atomic E-state index is 0.0277. The molecule has 0 amide bonds. The van der Waals surface area contributed by atoms with Gasteiger partial charge in [-0.15, -0.1) is 11.3 Å². The Bertz CT molecular complexity index is 1150. The van der Waals surface area contributed by atoms with Crippen LogP contribution >= 0.6 is 11.3 Å². The number of hydrogen-bond acceptors (Lipinski definition) is 4. The van der Waals surface area contributed by atoms with Gasteiger partial charge in [0.1, 0.15) is 5.65 Å². The Morgan fingerprint density at radius 2 is 1.93 bits per heavy atom. The number of benzene rings is 1. The van der Waals surface area contributed by atoms with Gasteiger partial charge >= 0.3 is 0 Å². The second-order valence-corrected chi connectivity index (χ2v) is 7.85. The molecule has 0 saturated carbocycles. The number of nitrogens with zero attached hydrogens (tertiary/aromatic N) is 3. The van der Waals surface area contributed by atoms with Gasteiger partial charge in [0.2, 0.25) is 0 Å². The average molecular weight is 373 g/mol. The molecule has 0 fully saturated rings. The van der Waals surface area contributed by atoms with Gasteiger partial charge in [0.05, 0.1) is 11.7 Å². The van der Waals surface area contributed by atoms with E-state index in [2.05, 4.69) is 46.7 Å². The fraction of sp³-hybridized carbons (Fsp3) is 0.182. The monoisotopic (exact) mass is 373 g/mol. The molecule has 1 aliphatic heterocycles. The molecule has 0 aliphatic carbocycles. The number of aromatic nitrogens is 2. The van der Waals surface area contributed by atoms with E-state index >= 15 is 0 Å². The van der Waals surface area contributed by atoms with E-state index in [9.17, 15) is 4.79 Å². The first-order chi connectivity index (χ1) is 13.3. The molecule has 27 heavy (non-hydrogen) atoms. The summed E-state index contributed by atoms with van der Waals surface area (Å²) in [6, 6.07) is 20.4. The average Bonchev–Trinajstić information content (AvgIpc) is 3.17. The summed E-state index contributed by atoms with van der Waals surface area (Å²) in [5.41, 5.74) is 4.17. The van der Waals surface area contributed by atoms with Crippen molar-refractivity contribution < 1.29 is 0 Å². The Hall–Kier alpha value is -2.76. The summed E-state index contributed by atoms with van der Waals surface area (Å²) in [4.78, 5) is 21.1. The third kappa shape index (κ3) is 2.99. The third-order valence-electron chi connectivity index (χ3n) is 5.17. The van der Waals surface area contributed by atoms with Gasteiger partial charge < -0.3 is 0 Å². The van der Waals surface area contributed by atoms with E-state index in [4.69, 9.17) is 4.98 Å². The van der Waals surface area contributed by atoms with E-state index in [0.29, 0.717) is 12.2 Å². The van der Waals surface area contributed by atoms with Crippen molar-refractivity contribution in [1.29, 1.82) is 0 Å². The molecular weight excluding hydrogens is 354 g/mol. The minimum atomic E-state index is -0.0277. The molecule has 134 valence electrons. The van der Waals surface area contributed by atoms with Crippen LogP contribution in [0.15, 0.2) is 77.0 Å². The summed E-state index contributed by atoms with van der Waals surface area (Å²) >= 11 is 1.84. The van der Waals surface area contributed by atoms with Gasteiger partial charge in [-0.1, -0.05) is 36.4 Å². The highest BCUT2D eigenvalue weighted by molar-refractivity contribution is 7.10. The molecule has 0 N–H and O–H groups in total. The maximum atomic E-state index is 12.5. The van der Waals surface area contributed by atoms with Crippen molar-refractivity contribution in [1.82, 2.24) is 14.3 Å². The highest BCUT2D eigenvalue weighted by Crippen LogP contribution is 2.38. The summed E-state index contributed by atoms with van der Waals surface area (Å²) in [6.07, 6.45) is 2.81. The summed E-state index contributed by atoms with van der Waals surface area (Å²) in [5, 5.41) is 2.19. The van der Waals surface area contributed by atoms with Crippen LogP contribution in [0.25, 0.3) is 5.65 Å². The Kier molecular flexibility index (Phi) is 4.11. The van der Waals surface area contributed by atoms with Crippen molar-refractivity contribution in [2.24, 2.45) is 0 Å². The fourth-order valence-corrected chi connectivity index (χ4v) is 4.86. The molecule has 3 aromatic heterocycles. The van der Waals surface area contributed by atoms with Crippen LogP contribution in [0, 0.1) is 0 Å². The molecule has 4 aromatic rings. The lowest BCUT2D eigenvalue weighted by Crippen LogP contribution is -2.35. The lowest BCUT2D eigenvalue weighted by atomic mass is 9.93. The number of hydrogen-bond donors (Lipinski definition) is 0. The minimum Gasteiger partial charge on any atom is -0.286 e. The van der Waals surface area contributed by atoms with Crippen LogP contribution in [0.1, 0.15) is 27.7 Å². The maximum Gasteiger partial charge on any atom is 0.258 e. The highest BCUT2D eigenvalue weighted by atomic mass is 32.1. The molecule has 4 nitrogen and oxygen atoms in total. The molecule has 0 radical (unpaired) electrons. The largest absolute Gasteiger partial charge is 0.286 e. The summed E-state index contributed by atoms with van der Waals surface area (Å²) < 4.78 is 1.59. The lowest BCUT2D eigenvalue weighted by Gasteiger charge is -2.36. The predicted octanol–water partition coefficient (Wildman–Crippen LogP) is 3.90. The molecule has 5 heteroatoms. The van der Waals surface area contributed by atoms with Crippen LogP contribution in [0.4, 0.5) is 0 Å². The molecule has 1 aromatic carbocycles. The van der Waals surface area contributed by atoms with Gasteiger partial charge in [-0.3, -0.25) is 14.1 Å². The molecule has 0 saturated heterocycles. The third-order valence-corrected chi connectivity index (χ3v) is 6.17. The molecule has 0 bridgehead atoms.